The summed E-state index contributed by atoms with van der Waals surface area (Å²) >= 11 is 0. The van der Waals surface area contributed by atoms with Crippen LogP contribution in [0.2, 0.25) is 0 Å². The van der Waals surface area contributed by atoms with Crippen LogP contribution in [-0.2, 0) is 6.42 Å². The van der Waals surface area contributed by atoms with Crippen molar-refractivity contribution in [1.29, 1.82) is 0 Å². The Kier molecular flexibility index (Phi) is 2.20. The minimum absolute atomic E-state index is 1.05. The van der Waals surface area contributed by atoms with Gasteiger partial charge in [-0.3, -0.25) is 0 Å². The van der Waals surface area contributed by atoms with Crippen molar-refractivity contribution in [2.75, 3.05) is 11.9 Å². The van der Waals surface area contributed by atoms with E-state index >= 15 is 0 Å². The third kappa shape index (κ3) is 1.65. The molecule has 0 saturated heterocycles. The van der Waals surface area contributed by atoms with E-state index in [1.807, 2.05) is 6.20 Å². The highest BCUT2D eigenvalue weighted by Crippen LogP contribution is 2.29. The Morgan fingerprint density at radius 3 is 3.07 bits per heavy atom. The smallest absolute Gasteiger partial charge is 0.129 e. The molecule has 1 aromatic rings. The van der Waals surface area contributed by atoms with Crippen LogP contribution in [0.5, 0.6) is 0 Å². The van der Waals surface area contributed by atoms with Gasteiger partial charge in [0.05, 0.1) is 0 Å². The first-order valence-electron chi connectivity index (χ1n) is 5.86. The topological polar surface area (TPSA) is 24.9 Å². The Hall–Kier alpha value is -1.31. The average Bonchev–Trinajstić information content (AvgIpc) is 2.77. The number of fused-ring (bicyclic) bond motifs is 1. The summed E-state index contributed by atoms with van der Waals surface area (Å²) in [4.78, 5) is 4.48. The van der Waals surface area contributed by atoms with Gasteiger partial charge in [-0.2, -0.15) is 0 Å². The fourth-order valence-electron chi connectivity index (χ4n) is 2.45. The van der Waals surface area contributed by atoms with E-state index in [0.29, 0.717) is 0 Å². The molecular formula is C13H16N2. The van der Waals surface area contributed by atoms with Crippen molar-refractivity contribution >= 4 is 11.4 Å². The zero-order chi connectivity index (χ0) is 10.1. The number of aromatic nitrogens is 1. The summed E-state index contributed by atoms with van der Waals surface area (Å²) in [6, 6.07) is 2.32. The largest absolute Gasteiger partial charge is 0.370 e. The summed E-state index contributed by atoms with van der Waals surface area (Å²) in [5.74, 6) is 1.09. The second-order valence-electron chi connectivity index (χ2n) is 4.38. The number of allylic oxidation sites excluding steroid dienone is 2. The molecular weight excluding hydrogens is 184 g/mol. The summed E-state index contributed by atoms with van der Waals surface area (Å²) in [6.07, 6.45) is 10.7. The number of hydrogen-bond donors (Lipinski definition) is 1. The summed E-state index contributed by atoms with van der Waals surface area (Å²) in [6.45, 7) is 1.05. The van der Waals surface area contributed by atoms with Crippen molar-refractivity contribution in [3.8, 4) is 0 Å². The first kappa shape index (κ1) is 8.96. The van der Waals surface area contributed by atoms with E-state index in [1.54, 1.807) is 0 Å². The fourth-order valence-corrected chi connectivity index (χ4v) is 2.45. The molecule has 0 amide bonds. The van der Waals surface area contributed by atoms with Gasteiger partial charge in [-0.15, -0.1) is 0 Å². The molecule has 2 aliphatic rings. The molecule has 0 saturated carbocycles. The molecule has 0 fully saturated rings. The van der Waals surface area contributed by atoms with Crippen molar-refractivity contribution in [3.05, 3.63) is 29.5 Å². The SMILES string of the molecule is C1=C(c2cnc3c(c2)CCN3)CCCC1. The van der Waals surface area contributed by atoms with Crippen LogP contribution in [0.4, 0.5) is 5.82 Å². The van der Waals surface area contributed by atoms with Crippen LogP contribution in [0.3, 0.4) is 0 Å². The first-order chi connectivity index (χ1) is 7.43. The van der Waals surface area contributed by atoms with Gasteiger partial charge in [0, 0.05) is 12.7 Å². The Morgan fingerprint density at radius 2 is 2.20 bits per heavy atom. The quantitative estimate of drug-likeness (QED) is 0.753. The van der Waals surface area contributed by atoms with E-state index in [-0.39, 0.29) is 0 Å². The summed E-state index contributed by atoms with van der Waals surface area (Å²) < 4.78 is 0. The second-order valence-corrected chi connectivity index (χ2v) is 4.38. The monoisotopic (exact) mass is 200 g/mol. The van der Waals surface area contributed by atoms with E-state index in [9.17, 15) is 0 Å². The van der Waals surface area contributed by atoms with Crippen LogP contribution in [0.25, 0.3) is 5.57 Å². The van der Waals surface area contributed by atoms with Gasteiger partial charge in [0.15, 0.2) is 0 Å². The third-order valence-corrected chi connectivity index (χ3v) is 3.32. The highest BCUT2D eigenvalue weighted by Gasteiger charge is 2.13. The zero-order valence-electron chi connectivity index (χ0n) is 8.92. The van der Waals surface area contributed by atoms with E-state index in [0.717, 1.165) is 18.8 Å². The molecule has 0 bridgehead atoms. The summed E-state index contributed by atoms with van der Waals surface area (Å²) in [5.41, 5.74) is 4.24. The van der Waals surface area contributed by atoms with Crippen molar-refractivity contribution in [2.24, 2.45) is 0 Å². The van der Waals surface area contributed by atoms with E-state index in [2.05, 4.69) is 22.4 Å². The molecule has 1 aliphatic heterocycles. The number of rotatable bonds is 1. The Balaban J connectivity index is 1.95. The van der Waals surface area contributed by atoms with Crippen LogP contribution in [0.15, 0.2) is 18.3 Å². The zero-order valence-corrected chi connectivity index (χ0v) is 8.92. The minimum atomic E-state index is 1.05. The van der Waals surface area contributed by atoms with Gasteiger partial charge in [0.1, 0.15) is 5.82 Å². The standard InChI is InChI=1S/C13H16N2/c1-2-4-10(5-3-1)12-8-11-6-7-14-13(11)15-9-12/h4,8-9H,1-3,5-7H2,(H,14,15). The number of pyridine rings is 1. The number of nitrogens with zero attached hydrogens (tertiary/aromatic N) is 1. The van der Waals surface area contributed by atoms with Crippen LogP contribution in [0, 0.1) is 0 Å². The van der Waals surface area contributed by atoms with Gasteiger partial charge in [0.2, 0.25) is 0 Å². The maximum Gasteiger partial charge on any atom is 0.129 e. The Morgan fingerprint density at radius 1 is 1.20 bits per heavy atom. The minimum Gasteiger partial charge on any atom is -0.370 e. The molecule has 0 atom stereocenters. The lowest BCUT2D eigenvalue weighted by atomic mass is 9.94. The first-order valence-corrected chi connectivity index (χ1v) is 5.86. The predicted octanol–water partition coefficient (Wildman–Crippen LogP) is 3.01. The molecule has 2 nitrogen and oxygen atoms in total. The Labute approximate surface area is 90.4 Å². The van der Waals surface area contributed by atoms with E-state index in [1.165, 1.54) is 42.4 Å². The number of hydrogen-bond acceptors (Lipinski definition) is 2. The molecule has 1 aliphatic carbocycles. The molecule has 2 heteroatoms. The van der Waals surface area contributed by atoms with Gasteiger partial charge in [-0.1, -0.05) is 6.08 Å². The molecule has 0 radical (unpaired) electrons. The molecule has 0 unspecified atom stereocenters. The molecule has 15 heavy (non-hydrogen) atoms. The van der Waals surface area contributed by atoms with E-state index < -0.39 is 0 Å². The Bertz CT molecular complexity index is 407. The predicted molar refractivity (Wildman–Crippen MR) is 62.9 cm³/mol. The number of nitrogens with one attached hydrogen (secondary N) is 1. The lowest BCUT2D eigenvalue weighted by molar-refractivity contribution is 0.741. The van der Waals surface area contributed by atoms with Gasteiger partial charge >= 0.3 is 0 Å². The average molecular weight is 200 g/mol. The van der Waals surface area contributed by atoms with Crippen molar-refractivity contribution in [3.63, 3.8) is 0 Å². The molecule has 2 heterocycles. The molecule has 0 aromatic carbocycles. The van der Waals surface area contributed by atoms with Gasteiger partial charge in [-0.05, 0) is 54.9 Å². The number of anilines is 1. The highest BCUT2D eigenvalue weighted by atomic mass is 15.0. The molecule has 0 spiro atoms. The lowest BCUT2D eigenvalue weighted by Gasteiger charge is -2.13. The molecule has 1 aromatic heterocycles. The second kappa shape index (κ2) is 3.69. The lowest BCUT2D eigenvalue weighted by Crippen LogP contribution is -1.95. The fraction of sp³-hybridized carbons (Fsp3) is 0.462. The van der Waals surface area contributed by atoms with Crippen molar-refractivity contribution in [1.82, 2.24) is 4.98 Å². The normalized spacial score (nSPS) is 19.3. The van der Waals surface area contributed by atoms with Crippen LogP contribution in [0.1, 0.15) is 36.8 Å². The van der Waals surface area contributed by atoms with Crippen LogP contribution < -0.4 is 5.32 Å². The van der Waals surface area contributed by atoms with Gasteiger partial charge < -0.3 is 5.32 Å². The van der Waals surface area contributed by atoms with Gasteiger partial charge in [-0.25, -0.2) is 4.98 Å². The highest BCUT2D eigenvalue weighted by molar-refractivity contribution is 5.68. The van der Waals surface area contributed by atoms with Crippen molar-refractivity contribution in [2.45, 2.75) is 32.1 Å². The summed E-state index contributed by atoms with van der Waals surface area (Å²) in [5, 5.41) is 3.30. The van der Waals surface area contributed by atoms with Gasteiger partial charge in [0.25, 0.3) is 0 Å². The molecule has 78 valence electrons. The van der Waals surface area contributed by atoms with Crippen molar-refractivity contribution < 1.29 is 0 Å². The van der Waals surface area contributed by atoms with E-state index in [4.69, 9.17) is 0 Å². The summed E-state index contributed by atoms with van der Waals surface area (Å²) in [7, 11) is 0. The third-order valence-electron chi connectivity index (χ3n) is 3.32. The maximum atomic E-state index is 4.48. The maximum absolute atomic E-state index is 4.48. The molecule has 3 rings (SSSR count). The van der Waals surface area contributed by atoms with Crippen LogP contribution in [-0.4, -0.2) is 11.5 Å². The molecule has 1 N–H and O–H groups in total. The van der Waals surface area contributed by atoms with Crippen LogP contribution >= 0.6 is 0 Å².